The third-order valence-electron chi connectivity index (χ3n) is 1.66. The van der Waals surface area contributed by atoms with Gasteiger partial charge in [0.25, 0.3) is 0 Å². The van der Waals surface area contributed by atoms with Crippen LogP contribution in [0.15, 0.2) is 30.3 Å². The molecule has 14 heavy (non-hydrogen) atoms. The van der Waals surface area contributed by atoms with Crippen LogP contribution in [-0.4, -0.2) is 25.3 Å². The fourth-order valence-corrected chi connectivity index (χ4v) is 2.40. The van der Waals surface area contributed by atoms with E-state index in [1.807, 2.05) is 30.3 Å². The van der Waals surface area contributed by atoms with Gasteiger partial charge in [-0.15, -0.1) is 0 Å². The Balaban J connectivity index is 2.27. The van der Waals surface area contributed by atoms with Crippen LogP contribution in [0.3, 0.4) is 0 Å². The van der Waals surface area contributed by atoms with Crippen LogP contribution in [0.2, 0.25) is 0 Å². The van der Waals surface area contributed by atoms with Gasteiger partial charge in [0.1, 0.15) is 0 Å². The Morgan fingerprint density at radius 3 is 2.71 bits per heavy atom. The van der Waals surface area contributed by atoms with Crippen LogP contribution in [0.5, 0.6) is 5.75 Å². The van der Waals surface area contributed by atoms with Crippen molar-refractivity contribution < 1.29 is 4.74 Å². The van der Waals surface area contributed by atoms with Gasteiger partial charge in [0.15, 0.2) is 0 Å². The van der Waals surface area contributed by atoms with Gasteiger partial charge in [-0.1, -0.05) is 0 Å². The summed E-state index contributed by atoms with van der Waals surface area (Å²) in [5, 5.41) is 0. The molecular weight excluding hydrogens is 259 g/mol. The summed E-state index contributed by atoms with van der Waals surface area (Å²) in [6.07, 6.45) is 2.46. The van der Waals surface area contributed by atoms with Crippen LogP contribution in [0.4, 0.5) is 0 Å². The van der Waals surface area contributed by atoms with Gasteiger partial charge in [-0.05, 0) is 0 Å². The molecule has 0 saturated heterocycles. The van der Waals surface area contributed by atoms with Crippen LogP contribution in [0, 0.1) is 0 Å². The molecule has 1 aromatic rings. The Labute approximate surface area is 97.6 Å². The van der Waals surface area contributed by atoms with Gasteiger partial charge in [-0.3, -0.25) is 0 Å². The van der Waals surface area contributed by atoms with E-state index in [4.69, 9.17) is 4.74 Å². The molecule has 0 N–H and O–H groups in total. The normalized spacial score (nSPS) is 9.79. The maximum absolute atomic E-state index is 5.58. The fraction of sp³-hybridized carbons (Fsp3) is 0.364. The minimum atomic E-state index is 0.894. The van der Waals surface area contributed by atoms with Crippen molar-refractivity contribution in [1.82, 2.24) is 0 Å². The molecule has 0 aliphatic heterocycles. The Bertz CT molecular complexity index is 274. The Hall–Kier alpha value is -0.241. The van der Waals surface area contributed by atoms with Gasteiger partial charge in [0.2, 0.25) is 0 Å². The van der Waals surface area contributed by atoms with Crippen molar-refractivity contribution in [3.05, 3.63) is 30.3 Å². The number of rotatable bonds is 6. The van der Waals surface area contributed by atoms with E-state index in [0.717, 1.165) is 15.4 Å². The molecule has 0 amide bonds. The molecule has 0 saturated carbocycles. The number of benzene rings is 1. The number of para-hydroxylation sites is 1. The van der Waals surface area contributed by atoms with Crippen molar-refractivity contribution >= 4 is 31.3 Å². The second-order valence-electron chi connectivity index (χ2n) is 2.87. The number of unbranched alkanes of at least 4 members (excludes halogenated alkanes) is 1. The molecule has 0 bridgehead atoms. The van der Waals surface area contributed by atoms with Crippen LogP contribution >= 0.6 is 11.8 Å². The Morgan fingerprint density at radius 1 is 1.36 bits per heavy atom. The zero-order chi connectivity index (χ0) is 10.2. The molecule has 0 radical (unpaired) electrons. The molecule has 0 aliphatic carbocycles. The van der Waals surface area contributed by atoms with E-state index >= 15 is 0 Å². The van der Waals surface area contributed by atoms with Gasteiger partial charge >= 0.3 is 97.6 Å². The number of ether oxygens (including phenoxy) is 1. The molecule has 0 aromatic heterocycles. The van der Waals surface area contributed by atoms with Crippen molar-refractivity contribution in [2.75, 3.05) is 5.75 Å². The molecule has 0 spiro atoms. The van der Waals surface area contributed by atoms with E-state index in [-0.39, 0.29) is 0 Å². The summed E-state index contributed by atoms with van der Waals surface area (Å²) in [4.78, 5) is 0. The molecule has 0 unspecified atom stereocenters. The summed E-state index contributed by atoms with van der Waals surface area (Å²) in [6, 6.07) is 9.84. The average molecular weight is 273 g/mol. The molecule has 0 aliphatic rings. The molecule has 1 rings (SSSR count). The molecule has 0 atom stereocenters. The summed E-state index contributed by atoms with van der Waals surface area (Å²) in [6.45, 7) is 2.19. The monoisotopic (exact) mass is 274 g/mol. The summed E-state index contributed by atoms with van der Waals surface area (Å²) in [5.41, 5.74) is 0. The Morgan fingerprint density at radius 2 is 2.07 bits per heavy atom. The van der Waals surface area contributed by atoms with E-state index in [9.17, 15) is 0 Å². The van der Waals surface area contributed by atoms with Gasteiger partial charge in [0, 0.05) is 0 Å². The van der Waals surface area contributed by atoms with Gasteiger partial charge in [0.05, 0.1) is 0 Å². The molecule has 76 valence electrons. The van der Waals surface area contributed by atoms with Crippen LogP contribution < -0.4 is 4.74 Å². The first-order valence-corrected chi connectivity index (χ1v) is 6.57. The van der Waals surface area contributed by atoms with Crippen LogP contribution in [0.25, 0.3) is 0 Å². The van der Waals surface area contributed by atoms with Crippen molar-refractivity contribution in [3.63, 3.8) is 0 Å². The van der Waals surface area contributed by atoms with E-state index in [1.54, 1.807) is 11.8 Å². The molecule has 3 heteroatoms. The Kier molecular flexibility index (Phi) is 6.00. The third kappa shape index (κ3) is 4.85. The fourth-order valence-electron chi connectivity index (χ4n) is 0.914. The molecule has 1 nitrogen and oxygen atoms in total. The molecule has 1 aromatic carbocycles. The van der Waals surface area contributed by atoms with Crippen LogP contribution in [0.1, 0.15) is 19.8 Å². The zero-order valence-corrected chi connectivity index (χ0v) is 10.8. The standard InChI is InChI=1S/C11H14OSSe/c1-2-3-9-13-11(14)12-10-7-5-4-6-8-10/h4-8H,2-3,9H2,1H3. The van der Waals surface area contributed by atoms with E-state index < -0.39 is 0 Å². The van der Waals surface area contributed by atoms with Gasteiger partial charge in [-0.25, -0.2) is 0 Å². The van der Waals surface area contributed by atoms with Crippen molar-refractivity contribution in [1.29, 1.82) is 0 Å². The number of hydrogen-bond donors (Lipinski definition) is 0. The first-order chi connectivity index (χ1) is 6.83. The minimum absolute atomic E-state index is 0.894. The van der Waals surface area contributed by atoms with Crippen LogP contribution in [-0.2, 0) is 0 Å². The predicted octanol–water partition coefficient (Wildman–Crippen LogP) is 2.85. The molecule has 0 heterocycles. The number of hydrogen-bond acceptors (Lipinski definition) is 2. The first kappa shape index (κ1) is 11.8. The average Bonchev–Trinajstić information content (AvgIpc) is 2.20. The first-order valence-electron chi connectivity index (χ1n) is 4.72. The second-order valence-corrected chi connectivity index (χ2v) is 5.30. The van der Waals surface area contributed by atoms with E-state index in [2.05, 4.69) is 22.5 Å². The predicted molar refractivity (Wildman–Crippen MR) is 65.2 cm³/mol. The summed E-state index contributed by atoms with van der Waals surface area (Å²) in [7, 11) is 0. The maximum atomic E-state index is 5.58. The summed E-state index contributed by atoms with van der Waals surface area (Å²) < 4.78 is 6.49. The summed E-state index contributed by atoms with van der Waals surface area (Å²) in [5.74, 6) is 2.01. The van der Waals surface area contributed by atoms with Gasteiger partial charge < -0.3 is 0 Å². The van der Waals surface area contributed by atoms with Gasteiger partial charge in [-0.2, -0.15) is 0 Å². The number of thioether (sulfide) groups is 1. The van der Waals surface area contributed by atoms with Crippen molar-refractivity contribution in [2.45, 2.75) is 19.8 Å². The van der Waals surface area contributed by atoms with Crippen molar-refractivity contribution in [2.24, 2.45) is 0 Å². The van der Waals surface area contributed by atoms with E-state index in [1.165, 1.54) is 12.8 Å². The second kappa shape index (κ2) is 7.10. The SMILES string of the molecule is CCCCSC(=[Se])Oc1ccccc1. The molecule has 0 fully saturated rings. The topological polar surface area (TPSA) is 9.23 Å². The quantitative estimate of drug-likeness (QED) is 0.582. The molecular formula is C11H14OSSe. The zero-order valence-electron chi connectivity index (χ0n) is 8.23. The van der Waals surface area contributed by atoms with Crippen molar-refractivity contribution in [3.8, 4) is 5.75 Å². The van der Waals surface area contributed by atoms with E-state index in [0.29, 0.717) is 0 Å². The third-order valence-corrected chi connectivity index (χ3v) is 3.39. The summed E-state index contributed by atoms with van der Waals surface area (Å²) >= 11 is 4.68.